The summed E-state index contributed by atoms with van der Waals surface area (Å²) in [6.07, 6.45) is 47.0. The number of methoxy groups -OCH3 is 1. The third-order valence-corrected chi connectivity index (χ3v) is 17.4. The van der Waals surface area contributed by atoms with Gasteiger partial charge in [0, 0.05) is 86.1 Å². The van der Waals surface area contributed by atoms with Crippen LogP contribution in [0.25, 0.3) is 22.0 Å². The van der Waals surface area contributed by atoms with Crippen molar-refractivity contribution in [2.45, 2.75) is 263 Å². The number of aromatic amines is 1. The minimum absolute atomic E-state index is 0.00681. The van der Waals surface area contributed by atoms with Crippen LogP contribution in [-0.2, 0) is 28.6 Å². The van der Waals surface area contributed by atoms with Gasteiger partial charge >= 0.3 is 17.6 Å². The zero-order chi connectivity index (χ0) is 61.6. The molecule has 478 valence electrons. The van der Waals surface area contributed by atoms with Gasteiger partial charge < -0.3 is 29.2 Å². The molecule has 2 N–H and O–H groups in total. The maximum absolute atomic E-state index is 16.5. The molecule has 86 heavy (non-hydrogen) atoms. The molecule has 2 aromatic carbocycles. The van der Waals surface area contributed by atoms with Gasteiger partial charge in [-0.1, -0.05) is 186 Å². The molecule has 14 nitrogen and oxygen atoms in total. The molecule has 4 aliphatic heterocycles. The molecular formula is C70H106F2N6O8. The Kier molecular flexibility index (Phi) is 34.5. The first-order valence-corrected chi connectivity index (χ1v) is 33.3. The molecule has 5 heterocycles. The van der Waals surface area contributed by atoms with Crippen LogP contribution in [0.15, 0.2) is 53.6 Å². The fourth-order valence-electron chi connectivity index (χ4n) is 12.5. The second kappa shape index (κ2) is 41.6. The normalized spacial score (nSPS) is 18.5. The van der Waals surface area contributed by atoms with Crippen LogP contribution in [0.2, 0.25) is 0 Å². The standard InChI is InChI=1S/C36H70O5.C26H22FN5O3.C8H14FN/c1-4-6-8-10-12-14-16-18-20-22-24-26-28-30-35(37)40-32-34(39-3)33-41-36(38)31-29-27-25-23-21-19-17-15-13-11-9-7-5-2;1-2-16-5-3-6-17-11-20(35-15-33)12-21(22(16)17)24-23(27)25(31-26(34)29-10-4-9-28-24)32-13-18-7-8-19(14-32)30-18;1-8-3-2-4-10(8)6-7(9)5-8/h34H,4-33H2,1-3H3;1,3-6,9-12,15,18-19,30H,7-8,13-14H2,(H,29,31,34);7H,2-6H2,1H3/t;;7?,8-/m..0/s1. The first kappa shape index (κ1) is 71.3. The Morgan fingerprint density at radius 2 is 1.28 bits per heavy atom. The number of hydrogen-bond acceptors (Lipinski definition) is 13. The molecule has 4 aliphatic rings. The van der Waals surface area contributed by atoms with Gasteiger partial charge in [0.1, 0.15) is 42.8 Å². The summed E-state index contributed by atoms with van der Waals surface area (Å²) in [7, 11) is 1.56. The second-order valence-electron chi connectivity index (χ2n) is 24.5. The Bertz CT molecular complexity index is 2560. The summed E-state index contributed by atoms with van der Waals surface area (Å²) >= 11 is 0. The molecular weight excluding hydrogens is 1090 g/mol. The van der Waals surface area contributed by atoms with E-state index in [1.807, 2.05) is 4.90 Å². The number of rotatable bonds is 37. The van der Waals surface area contributed by atoms with Crippen LogP contribution in [0.5, 0.6) is 5.75 Å². The van der Waals surface area contributed by atoms with Gasteiger partial charge in [-0.3, -0.25) is 29.3 Å². The van der Waals surface area contributed by atoms with Gasteiger partial charge in [-0.25, -0.2) is 18.6 Å². The van der Waals surface area contributed by atoms with Crippen LogP contribution in [0.4, 0.5) is 14.6 Å². The largest absolute Gasteiger partial charge is 0.463 e. The summed E-state index contributed by atoms with van der Waals surface area (Å²) in [4.78, 5) is 62.6. The first-order valence-electron chi connectivity index (χ1n) is 33.3. The summed E-state index contributed by atoms with van der Waals surface area (Å²) in [5.74, 6) is 1.73. The Balaban J connectivity index is 0.000000270. The van der Waals surface area contributed by atoms with E-state index in [1.165, 1.54) is 179 Å². The molecule has 3 unspecified atom stereocenters. The lowest BCUT2D eigenvalue weighted by Crippen LogP contribution is -2.51. The number of esters is 2. The van der Waals surface area contributed by atoms with Crippen LogP contribution in [0, 0.1) is 18.2 Å². The van der Waals surface area contributed by atoms with E-state index in [2.05, 4.69) is 51.9 Å². The number of halogens is 2. The minimum Gasteiger partial charge on any atom is -0.463 e. The Morgan fingerprint density at radius 1 is 0.756 bits per heavy atom. The summed E-state index contributed by atoms with van der Waals surface area (Å²) in [6.45, 7) is 10.2. The number of unbranched alkanes of at least 4 members (excludes halogenated alkanes) is 24. The van der Waals surface area contributed by atoms with E-state index in [-0.39, 0.29) is 60.0 Å². The van der Waals surface area contributed by atoms with Crippen LogP contribution >= 0.6 is 0 Å². The number of hydrogen-bond donors (Lipinski definition) is 2. The van der Waals surface area contributed by atoms with Gasteiger partial charge in [0.25, 0.3) is 6.47 Å². The van der Waals surface area contributed by atoms with E-state index < -0.39 is 23.8 Å². The van der Waals surface area contributed by atoms with E-state index in [0.29, 0.717) is 60.8 Å². The van der Waals surface area contributed by atoms with E-state index in [0.717, 1.165) is 51.5 Å². The minimum atomic E-state index is -0.738. The second-order valence-corrected chi connectivity index (χ2v) is 24.5. The van der Waals surface area contributed by atoms with Crippen molar-refractivity contribution in [3.8, 4) is 29.4 Å². The molecule has 0 spiro atoms. The number of alkyl halides is 1. The van der Waals surface area contributed by atoms with Crippen LogP contribution in [0.1, 0.15) is 238 Å². The molecule has 16 heteroatoms. The maximum Gasteiger partial charge on any atom is 0.346 e. The molecule has 0 saturated carbocycles. The van der Waals surface area contributed by atoms with Gasteiger partial charge in [-0.05, 0) is 88.1 Å². The summed E-state index contributed by atoms with van der Waals surface area (Å²) in [5.41, 5.74) is 0.344. The fraction of sp³-hybridized carbons (Fsp3) is 0.686. The molecule has 7 rings (SSSR count). The van der Waals surface area contributed by atoms with Crippen molar-refractivity contribution in [2.75, 3.05) is 51.4 Å². The van der Waals surface area contributed by atoms with Crippen LogP contribution in [-0.4, -0.2) is 115 Å². The molecule has 3 aromatic rings. The van der Waals surface area contributed by atoms with Crippen LogP contribution < -0.4 is 20.6 Å². The Hall–Kier alpha value is -5.50. The predicted molar refractivity (Wildman–Crippen MR) is 342 cm³/mol. The predicted octanol–water partition coefficient (Wildman–Crippen LogP) is 15.3. The lowest BCUT2D eigenvalue weighted by Gasteiger charge is -2.34. The summed E-state index contributed by atoms with van der Waals surface area (Å²) in [6, 6.07) is 10.3. The number of fused-ring (bicyclic) bond motifs is 4. The number of carbonyl (C=O) groups is 3. The van der Waals surface area contributed by atoms with Crippen molar-refractivity contribution < 1.29 is 42.1 Å². The molecule has 0 radical (unpaired) electrons. The number of aromatic nitrogens is 3. The highest BCUT2D eigenvalue weighted by atomic mass is 19.1. The third-order valence-electron chi connectivity index (χ3n) is 17.4. The number of ether oxygens (including phenoxy) is 4. The van der Waals surface area contributed by atoms with Crippen molar-refractivity contribution in [3.63, 3.8) is 0 Å². The van der Waals surface area contributed by atoms with E-state index in [4.69, 9.17) is 25.4 Å². The highest BCUT2D eigenvalue weighted by molar-refractivity contribution is 6.01. The lowest BCUT2D eigenvalue weighted by atomic mass is 9.96. The quantitative estimate of drug-likeness (QED) is 0.0243. The van der Waals surface area contributed by atoms with Crippen molar-refractivity contribution in [2.24, 2.45) is 0 Å². The fourth-order valence-corrected chi connectivity index (χ4v) is 12.5. The number of anilines is 1. The number of nitrogens with zero attached hydrogens (tertiary/aromatic N) is 4. The van der Waals surface area contributed by atoms with Gasteiger partial charge in [-0.15, -0.1) is 6.42 Å². The monoisotopic (exact) mass is 1200 g/mol. The van der Waals surface area contributed by atoms with E-state index >= 15 is 4.39 Å². The lowest BCUT2D eigenvalue weighted by molar-refractivity contribution is -0.153. The highest BCUT2D eigenvalue weighted by Crippen LogP contribution is 2.40. The number of terminal acetylenes is 1. The van der Waals surface area contributed by atoms with Crippen molar-refractivity contribution in [3.05, 3.63) is 70.7 Å². The topological polar surface area (TPSA) is 165 Å². The average molecular weight is 1200 g/mol. The third kappa shape index (κ3) is 26.1. The van der Waals surface area contributed by atoms with Gasteiger partial charge in [0.2, 0.25) is 0 Å². The Morgan fingerprint density at radius 3 is 1.78 bits per heavy atom. The highest BCUT2D eigenvalue weighted by Gasteiger charge is 2.44. The Labute approximate surface area is 514 Å². The number of nitrogens with one attached hydrogen (secondary N) is 2. The summed E-state index contributed by atoms with van der Waals surface area (Å²) < 4.78 is 50.5. The smallest absolute Gasteiger partial charge is 0.346 e. The maximum atomic E-state index is 16.5. The average Bonchev–Trinajstić information content (AvgIpc) is 1.45. The molecule has 4 atom stereocenters. The molecule has 1 aromatic heterocycles. The van der Waals surface area contributed by atoms with E-state index in [1.54, 1.807) is 31.4 Å². The van der Waals surface area contributed by atoms with Crippen molar-refractivity contribution >= 4 is 35.0 Å². The molecule has 2 bridgehead atoms. The van der Waals surface area contributed by atoms with Crippen LogP contribution in [0.3, 0.4) is 0 Å². The zero-order valence-electron chi connectivity index (χ0n) is 53.0. The number of H-pyrrole nitrogens is 1. The zero-order valence-corrected chi connectivity index (χ0v) is 53.0. The molecule has 4 fully saturated rings. The molecule has 0 aliphatic carbocycles. The first-order chi connectivity index (χ1) is 41.9. The number of carbonyl (C=O) groups excluding carboxylic acids is 3. The summed E-state index contributed by atoms with van der Waals surface area (Å²) in [5, 5.41) is 4.73. The van der Waals surface area contributed by atoms with Gasteiger partial charge in [0.05, 0.1) is 0 Å². The SMILES string of the molecule is C#Cc1cccc2cc(OC=O)cc(-c3ncccnc(=O)[nH]c(N4CC5CCC(C4)N5)c3F)c12.CCCCCCCCCCCCCCCC(=O)OCC(COC(=O)CCCCCCCCCCCCCCC)OC.C[C@@]12CCCN1CC(F)C2. The molecule has 4 saturated heterocycles. The van der Waals surface area contributed by atoms with Crippen molar-refractivity contribution in [1.82, 2.24) is 25.2 Å². The van der Waals surface area contributed by atoms with E-state index in [9.17, 15) is 23.6 Å². The van der Waals surface area contributed by atoms with Crippen molar-refractivity contribution in [1.29, 1.82) is 0 Å². The number of benzene rings is 2. The molecule has 0 amide bonds. The van der Waals surface area contributed by atoms with Gasteiger partial charge in [0.15, 0.2) is 5.82 Å². The van der Waals surface area contributed by atoms with Gasteiger partial charge in [-0.2, -0.15) is 0 Å². The number of piperazine rings is 1.